The van der Waals surface area contributed by atoms with Crippen molar-refractivity contribution >= 4 is 11.5 Å². The normalized spacial score (nSPS) is 22.2. The Morgan fingerprint density at radius 1 is 1.42 bits per heavy atom. The number of aliphatic hydroxyl groups excluding tert-OH is 1. The van der Waals surface area contributed by atoms with E-state index in [1.165, 1.54) is 16.8 Å². The largest absolute Gasteiger partial charge is 0.445 e. The second kappa shape index (κ2) is 6.54. The quantitative estimate of drug-likeness (QED) is 0.643. The number of fused-ring (bicyclic) bond motifs is 1. The van der Waals surface area contributed by atoms with Crippen molar-refractivity contribution < 1.29 is 23.9 Å². The van der Waals surface area contributed by atoms with Crippen LogP contribution < -0.4 is 9.64 Å². The molecule has 1 saturated heterocycles. The Balaban J connectivity index is 1.52. The average molecular weight is 364 g/mol. The van der Waals surface area contributed by atoms with Crippen molar-refractivity contribution in [2.45, 2.75) is 18.6 Å². The highest BCUT2D eigenvalue weighted by atomic mass is 19.1. The van der Waals surface area contributed by atoms with Crippen LogP contribution in [0.2, 0.25) is 0 Å². The van der Waals surface area contributed by atoms with Gasteiger partial charge in [0.1, 0.15) is 31.5 Å². The molecule has 1 N–H and O–H groups in total. The fourth-order valence-corrected chi connectivity index (χ4v) is 3.25. The summed E-state index contributed by atoms with van der Waals surface area (Å²) in [6.45, 7) is 1.29. The van der Waals surface area contributed by atoms with Crippen LogP contribution in [0, 0.1) is 15.9 Å². The summed E-state index contributed by atoms with van der Waals surface area (Å²) in [5.74, 6) is -0.934. The molecule has 2 aliphatic rings. The summed E-state index contributed by atoms with van der Waals surface area (Å²) < 4.78 is 27.0. The minimum absolute atomic E-state index is 0.0736. The molecule has 2 aromatic rings. The maximum Gasteiger partial charge on any atom is 0.414 e. The third kappa shape index (κ3) is 2.97. The molecule has 0 aliphatic carbocycles. The second-order valence-electron chi connectivity index (χ2n) is 6.33. The topological polar surface area (TPSA) is 103 Å². The molecule has 1 fully saturated rings. The Hall–Kier alpha value is -2.72. The van der Waals surface area contributed by atoms with Crippen LogP contribution in [0.5, 0.6) is 6.01 Å². The first-order chi connectivity index (χ1) is 12.5. The van der Waals surface area contributed by atoms with Crippen LogP contribution in [0.1, 0.15) is 11.5 Å². The lowest BCUT2D eigenvalue weighted by atomic mass is 9.98. The first-order valence-corrected chi connectivity index (χ1v) is 8.16. The molecule has 0 saturated carbocycles. The van der Waals surface area contributed by atoms with Gasteiger partial charge in [0.05, 0.1) is 6.61 Å². The lowest BCUT2D eigenvalue weighted by Gasteiger charge is -2.24. The molecule has 10 heteroatoms. The van der Waals surface area contributed by atoms with Crippen molar-refractivity contribution in [1.29, 1.82) is 0 Å². The second-order valence-corrected chi connectivity index (χ2v) is 6.33. The number of ether oxygens (including phenoxy) is 2. The van der Waals surface area contributed by atoms with Crippen molar-refractivity contribution in [3.05, 3.63) is 45.9 Å². The molecule has 0 bridgehead atoms. The number of anilines is 1. The van der Waals surface area contributed by atoms with Crippen molar-refractivity contribution in [2.24, 2.45) is 0 Å². The molecule has 0 radical (unpaired) electrons. The van der Waals surface area contributed by atoms with E-state index in [0.717, 1.165) is 0 Å². The molecule has 138 valence electrons. The van der Waals surface area contributed by atoms with Crippen LogP contribution in [0.4, 0.5) is 15.9 Å². The highest BCUT2D eigenvalue weighted by Crippen LogP contribution is 2.32. The van der Waals surface area contributed by atoms with E-state index in [-0.39, 0.29) is 42.9 Å². The maximum atomic E-state index is 14.7. The van der Waals surface area contributed by atoms with E-state index in [1.807, 2.05) is 4.90 Å². The van der Waals surface area contributed by atoms with Crippen LogP contribution in [-0.2, 0) is 11.3 Å². The van der Waals surface area contributed by atoms with E-state index in [9.17, 15) is 14.5 Å². The van der Waals surface area contributed by atoms with Crippen molar-refractivity contribution in [2.75, 3.05) is 31.4 Å². The van der Waals surface area contributed by atoms with Crippen LogP contribution in [-0.4, -0.2) is 52.2 Å². The van der Waals surface area contributed by atoms with E-state index in [1.54, 1.807) is 12.1 Å². The zero-order chi connectivity index (χ0) is 18.3. The molecule has 1 aromatic carbocycles. The smallest absolute Gasteiger partial charge is 0.414 e. The lowest BCUT2D eigenvalue weighted by Crippen LogP contribution is -2.25. The van der Waals surface area contributed by atoms with E-state index >= 15 is 0 Å². The van der Waals surface area contributed by atoms with Crippen molar-refractivity contribution in [3.63, 3.8) is 0 Å². The predicted octanol–water partition coefficient (Wildman–Crippen LogP) is 1.26. The highest BCUT2D eigenvalue weighted by molar-refractivity contribution is 5.49. The summed E-state index contributed by atoms with van der Waals surface area (Å²) in [7, 11) is 0. The number of hydrogen-bond acceptors (Lipinski definition) is 7. The zero-order valence-corrected chi connectivity index (χ0v) is 13.7. The summed E-state index contributed by atoms with van der Waals surface area (Å²) in [6.07, 6.45) is 1.03. The van der Waals surface area contributed by atoms with Gasteiger partial charge in [0, 0.05) is 29.7 Å². The number of nitro groups is 1. The standard InChI is InChI=1S/C16H17FN4O5/c17-14-3-11(20-5-12(7-22)26-9-20)1-2-13(14)10-4-19-6-15(21(23)24)18-16(19)25-8-10/h1-3,6,10,12,22H,4-5,7-9H2. The molecule has 3 heterocycles. The molecule has 0 amide bonds. The van der Waals surface area contributed by atoms with Crippen LogP contribution >= 0.6 is 0 Å². The molecule has 1 aromatic heterocycles. The fourth-order valence-electron chi connectivity index (χ4n) is 3.25. The minimum Gasteiger partial charge on any atom is -0.445 e. The lowest BCUT2D eigenvalue weighted by molar-refractivity contribution is -0.389. The molecule has 26 heavy (non-hydrogen) atoms. The summed E-state index contributed by atoms with van der Waals surface area (Å²) in [5.41, 5.74) is 1.16. The molecular weight excluding hydrogens is 347 g/mol. The molecular formula is C16H17FN4O5. The van der Waals surface area contributed by atoms with Gasteiger partial charge in [-0.1, -0.05) is 6.07 Å². The van der Waals surface area contributed by atoms with Crippen LogP contribution in [0.15, 0.2) is 24.4 Å². The number of benzene rings is 1. The van der Waals surface area contributed by atoms with Crippen LogP contribution in [0.3, 0.4) is 0 Å². The zero-order valence-electron chi connectivity index (χ0n) is 13.7. The minimum atomic E-state index is -0.586. The fraction of sp³-hybridized carbons (Fsp3) is 0.438. The number of imidazole rings is 1. The molecule has 9 nitrogen and oxygen atoms in total. The Kier molecular flexibility index (Phi) is 4.21. The van der Waals surface area contributed by atoms with E-state index in [4.69, 9.17) is 14.6 Å². The first-order valence-electron chi connectivity index (χ1n) is 8.16. The highest BCUT2D eigenvalue weighted by Gasteiger charge is 2.30. The summed E-state index contributed by atoms with van der Waals surface area (Å²) in [6, 6.07) is 5.10. The Labute approximate surface area is 147 Å². The van der Waals surface area contributed by atoms with Gasteiger partial charge in [-0.15, -0.1) is 0 Å². The van der Waals surface area contributed by atoms with E-state index in [0.29, 0.717) is 31.1 Å². The number of halogens is 1. The van der Waals surface area contributed by atoms with Gasteiger partial charge < -0.3 is 29.6 Å². The van der Waals surface area contributed by atoms with Gasteiger partial charge >= 0.3 is 11.8 Å². The summed E-state index contributed by atoms with van der Waals surface area (Å²) >= 11 is 0. The molecule has 4 rings (SSSR count). The Morgan fingerprint density at radius 2 is 2.27 bits per heavy atom. The number of nitrogens with zero attached hydrogens (tertiary/aromatic N) is 4. The average Bonchev–Trinajstić information content (AvgIpc) is 3.28. The van der Waals surface area contributed by atoms with E-state index in [2.05, 4.69) is 4.98 Å². The van der Waals surface area contributed by atoms with Gasteiger partial charge in [-0.05, 0) is 22.6 Å². The number of aromatic nitrogens is 2. The summed E-state index contributed by atoms with van der Waals surface area (Å²) in [4.78, 5) is 15.9. The van der Waals surface area contributed by atoms with Gasteiger partial charge in [0.2, 0.25) is 0 Å². The Bertz CT molecular complexity index is 842. The predicted molar refractivity (Wildman–Crippen MR) is 87.7 cm³/mol. The monoisotopic (exact) mass is 364 g/mol. The van der Waals surface area contributed by atoms with E-state index < -0.39 is 4.92 Å². The van der Waals surface area contributed by atoms with Crippen LogP contribution in [0.25, 0.3) is 0 Å². The number of rotatable bonds is 4. The molecule has 2 unspecified atom stereocenters. The first kappa shape index (κ1) is 16.7. The molecule has 2 aliphatic heterocycles. The SMILES string of the molecule is O=[N+]([O-])c1cn2c(n1)OCC(c1ccc(N3COC(CO)C3)cc1F)C2. The van der Waals surface area contributed by atoms with Gasteiger partial charge in [0.15, 0.2) is 0 Å². The van der Waals surface area contributed by atoms with Gasteiger partial charge in [0.25, 0.3) is 0 Å². The molecule has 0 spiro atoms. The van der Waals surface area contributed by atoms with Gasteiger partial charge in [-0.3, -0.25) is 4.57 Å². The number of hydrogen-bond donors (Lipinski definition) is 1. The number of aliphatic hydroxyl groups is 1. The third-order valence-electron chi connectivity index (χ3n) is 4.63. The Morgan fingerprint density at radius 3 is 2.96 bits per heavy atom. The van der Waals surface area contributed by atoms with Gasteiger partial charge in [-0.25, -0.2) is 4.39 Å². The molecule has 2 atom stereocenters. The summed E-state index contributed by atoms with van der Waals surface area (Å²) in [5, 5.41) is 19.9. The van der Waals surface area contributed by atoms with Gasteiger partial charge in [-0.2, -0.15) is 0 Å². The van der Waals surface area contributed by atoms with Crippen molar-refractivity contribution in [1.82, 2.24) is 9.55 Å². The van der Waals surface area contributed by atoms with Crippen molar-refractivity contribution in [3.8, 4) is 6.01 Å². The third-order valence-corrected chi connectivity index (χ3v) is 4.63. The maximum absolute atomic E-state index is 14.7.